The van der Waals surface area contributed by atoms with Crippen LogP contribution in [0.5, 0.6) is 0 Å². The Hall–Kier alpha value is -3.74. The first-order valence-corrected chi connectivity index (χ1v) is 13.7. The summed E-state index contributed by atoms with van der Waals surface area (Å²) < 4.78 is 25.5. The Morgan fingerprint density at radius 1 is 0.947 bits per heavy atom. The third-order valence-electron chi connectivity index (χ3n) is 5.42. The largest absolute Gasteiger partial charge is 0.338 e. The van der Waals surface area contributed by atoms with Crippen LogP contribution in [-0.2, 0) is 19.4 Å². The molecule has 3 aromatic rings. The molecule has 2 aromatic carbocycles. The molecule has 1 heterocycles. The number of hydrogen-bond acceptors (Lipinski definition) is 9. The molecule has 0 spiro atoms. The zero-order valence-electron chi connectivity index (χ0n) is 20.9. The molecule has 11 nitrogen and oxygen atoms in total. The maximum absolute atomic E-state index is 12.8. The molecule has 0 aliphatic carbocycles. The van der Waals surface area contributed by atoms with Crippen molar-refractivity contribution < 1.29 is 23.2 Å². The fraction of sp³-hybridized carbons (Fsp3) is 0.280. The van der Waals surface area contributed by atoms with Crippen LogP contribution in [0.15, 0.2) is 59.6 Å². The summed E-state index contributed by atoms with van der Waals surface area (Å²) in [5.74, 6) is -0.211. The lowest BCUT2D eigenvalue weighted by Gasteiger charge is -2.15. The zero-order chi connectivity index (χ0) is 27.7. The third-order valence-corrected chi connectivity index (χ3v) is 7.91. The molecule has 3 rings (SSSR count). The number of para-hydroxylation sites is 1. The van der Waals surface area contributed by atoms with Crippen molar-refractivity contribution in [2.75, 3.05) is 16.0 Å². The number of anilines is 5. The van der Waals surface area contributed by atoms with Crippen molar-refractivity contribution >= 4 is 62.1 Å². The van der Waals surface area contributed by atoms with Gasteiger partial charge in [-0.2, -0.15) is 4.98 Å². The minimum absolute atomic E-state index is 0.146. The topological polar surface area (TPSA) is 162 Å². The average Bonchev–Trinajstić information content (AvgIpc) is 2.89. The van der Waals surface area contributed by atoms with Gasteiger partial charge in [0.05, 0.1) is 22.0 Å². The predicted molar refractivity (Wildman–Crippen MR) is 146 cm³/mol. The second-order valence-electron chi connectivity index (χ2n) is 8.60. The highest BCUT2D eigenvalue weighted by molar-refractivity contribution is 7.92. The number of carbonyl (C=O) groups is 2. The van der Waals surface area contributed by atoms with Crippen LogP contribution in [0, 0.1) is 0 Å². The molecular weight excluding hydrogens is 532 g/mol. The van der Waals surface area contributed by atoms with E-state index in [1.165, 1.54) is 12.3 Å². The fourth-order valence-corrected chi connectivity index (χ4v) is 4.67. The molecule has 13 heteroatoms. The van der Waals surface area contributed by atoms with Crippen LogP contribution in [-0.4, -0.2) is 40.7 Å². The molecule has 0 bridgehead atoms. The van der Waals surface area contributed by atoms with Crippen LogP contribution in [0.4, 0.5) is 28.8 Å². The number of nitrogens with zero attached hydrogens (tertiary/aromatic N) is 2. The molecule has 0 aliphatic heterocycles. The molecule has 0 radical (unpaired) electrons. The van der Waals surface area contributed by atoms with Crippen LogP contribution < -0.4 is 21.4 Å². The van der Waals surface area contributed by atoms with Crippen LogP contribution >= 0.6 is 11.6 Å². The molecule has 0 saturated carbocycles. The van der Waals surface area contributed by atoms with E-state index in [9.17, 15) is 18.0 Å². The van der Waals surface area contributed by atoms with Gasteiger partial charge in [0.15, 0.2) is 15.7 Å². The number of hydroxylamine groups is 1. The normalized spacial score (nSPS) is 11.2. The van der Waals surface area contributed by atoms with E-state index in [1.807, 2.05) is 0 Å². The Labute approximate surface area is 225 Å². The number of nitrogens with one attached hydrogen (secondary N) is 4. The Bertz CT molecular complexity index is 1380. The van der Waals surface area contributed by atoms with Gasteiger partial charge in [0.25, 0.3) is 0 Å². The molecule has 0 fully saturated rings. The smallest absolute Gasteiger partial charge is 0.243 e. The van der Waals surface area contributed by atoms with Crippen LogP contribution in [0.2, 0.25) is 5.02 Å². The third kappa shape index (κ3) is 7.88. The van der Waals surface area contributed by atoms with Crippen molar-refractivity contribution in [1.82, 2.24) is 15.4 Å². The predicted octanol–water partition coefficient (Wildman–Crippen LogP) is 4.80. The Morgan fingerprint density at radius 3 is 2.24 bits per heavy atom. The number of hydrogen-bond donors (Lipinski definition) is 5. The molecule has 1 aromatic heterocycles. The second-order valence-corrected chi connectivity index (χ2v) is 11.5. The van der Waals surface area contributed by atoms with E-state index in [4.69, 9.17) is 16.8 Å². The maximum Gasteiger partial charge on any atom is 0.243 e. The first-order valence-electron chi connectivity index (χ1n) is 11.8. The van der Waals surface area contributed by atoms with E-state index in [1.54, 1.807) is 61.8 Å². The van der Waals surface area contributed by atoms with Crippen LogP contribution in [0.25, 0.3) is 0 Å². The average molecular weight is 561 g/mol. The highest BCUT2D eigenvalue weighted by Gasteiger charge is 2.23. The van der Waals surface area contributed by atoms with Crippen molar-refractivity contribution in [1.29, 1.82) is 0 Å². The van der Waals surface area contributed by atoms with Crippen molar-refractivity contribution in [3.8, 4) is 0 Å². The SMILES string of the molecule is CC(C)S(=O)(=O)c1ccccc1Nc1nc(Nc2ccc(NC(=O)CCCCC(=O)NO)cc2)ncc1Cl. The van der Waals surface area contributed by atoms with Gasteiger partial charge in [-0.25, -0.2) is 18.9 Å². The van der Waals surface area contributed by atoms with E-state index in [0.29, 0.717) is 29.9 Å². The van der Waals surface area contributed by atoms with Gasteiger partial charge in [0, 0.05) is 24.2 Å². The first kappa shape index (κ1) is 28.8. The summed E-state index contributed by atoms with van der Waals surface area (Å²) in [5.41, 5.74) is 3.15. The quantitative estimate of drug-likeness (QED) is 0.119. The van der Waals surface area contributed by atoms with Crippen molar-refractivity contribution in [2.45, 2.75) is 49.7 Å². The molecule has 0 unspecified atom stereocenters. The number of halogens is 1. The molecule has 0 saturated heterocycles. The second kappa shape index (κ2) is 13.2. The number of rotatable bonds is 12. The summed E-state index contributed by atoms with van der Waals surface area (Å²) in [6.45, 7) is 3.23. The summed E-state index contributed by atoms with van der Waals surface area (Å²) in [4.78, 5) is 31.8. The number of benzene rings is 2. The highest BCUT2D eigenvalue weighted by Crippen LogP contribution is 2.30. The number of amides is 2. The van der Waals surface area contributed by atoms with Gasteiger partial charge in [-0.1, -0.05) is 23.7 Å². The van der Waals surface area contributed by atoms with E-state index in [2.05, 4.69) is 25.9 Å². The highest BCUT2D eigenvalue weighted by atomic mass is 35.5. The number of sulfone groups is 1. The van der Waals surface area contributed by atoms with Crippen molar-refractivity contribution in [2.24, 2.45) is 0 Å². The van der Waals surface area contributed by atoms with Crippen molar-refractivity contribution in [3.63, 3.8) is 0 Å². The Balaban J connectivity index is 1.64. The van der Waals surface area contributed by atoms with Gasteiger partial charge in [-0.3, -0.25) is 14.8 Å². The van der Waals surface area contributed by atoms with Crippen LogP contribution in [0.1, 0.15) is 39.5 Å². The number of carbonyl (C=O) groups excluding carboxylic acids is 2. The summed E-state index contributed by atoms with van der Waals surface area (Å²) in [6, 6.07) is 13.4. The van der Waals surface area contributed by atoms with Gasteiger partial charge >= 0.3 is 0 Å². The minimum Gasteiger partial charge on any atom is -0.338 e. The number of aromatic nitrogens is 2. The van der Waals surface area contributed by atoms with Gasteiger partial charge in [-0.15, -0.1) is 0 Å². The summed E-state index contributed by atoms with van der Waals surface area (Å²) in [6.07, 6.45) is 2.79. The molecule has 5 N–H and O–H groups in total. The van der Waals surface area contributed by atoms with E-state index in [0.717, 1.165) is 0 Å². The van der Waals surface area contributed by atoms with E-state index >= 15 is 0 Å². The monoisotopic (exact) mass is 560 g/mol. The zero-order valence-corrected chi connectivity index (χ0v) is 22.4. The summed E-state index contributed by atoms with van der Waals surface area (Å²) in [7, 11) is -3.54. The van der Waals surface area contributed by atoms with E-state index in [-0.39, 0.29) is 40.4 Å². The molecule has 0 aliphatic rings. The molecule has 38 heavy (non-hydrogen) atoms. The van der Waals surface area contributed by atoms with Crippen molar-refractivity contribution in [3.05, 3.63) is 59.8 Å². The van der Waals surface area contributed by atoms with Crippen LogP contribution in [0.3, 0.4) is 0 Å². The molecule has 0 atom stereocenters. The Kier molecular flexibility index (Phi) is 9.99. The Morgan fingerprint density at radius 2 is 1.58 bits per heavy atom. The minimum atomic E-state index is -3.54. The van der Waals surface area contributed by atoms with Gasteiger partial charge in [0.1, 0.15) is 5.02 Å². The summed E-state index contributed by atoms with van der Waals surface area (Å²) in [5, 5.41) is 16.9. The lowest BCUT2D eigenvalue weighted by atomic mass is 10.2. The first-order chi connectivity index (χ1) is 18.1. The standard InChI is InChI=1S/C25H29ClN6O5S/c1-16(2)38(36,37)21-8-4-3-7-20(21)30-24-19(26)15-27-25(31-24)29-18-13-11-17(12-14-18)28-22(33)9-5-6-10-23(34)32-35/h3-4,7-8,11-16,35H,5-6,9-10H2,1-2H3,(H,28,33)(H,32,34)(H2,27,29,30,31). The number of unbranched alkanes of at least 4 members (excludes halogenated alkanes) is 1. The van der Waals surface area contributed by atoms with Gasteiger partial charge < -0.3 is 16.0 Å². The van der Waals surface area contributed by atoms with Gasteiger partial charge in [-0.05, 0) is 63.1 Å². The molecule has 202 valence electrons. The molecular formula is C25H29ClN6O5S. The lowest BCUT2D eigenvalue weighted by molar-refractivity contribution is -0.129. The van der Waals surface area contributed by atoms with E-state index < -0.39 is 21.0 Å². The van der Waals surface area contributed by atoms with Gasteiger partial charge in [0.2, 0.25) is 17.8 Å². The summed E-state index contributed by atoms with van der Waals surface area (Å²) >= 11 is 6.28. The maximum atomic E-state index is 12.8. The fourth-order valence-electron chi connectivity index (χ4n) is 3.33. The lowest BCUT2D eigenvalue weighted by Crippen LogP contribution is -2.18. The molecule has 2 amide bonds.